The van der Waals surface area contributed by atoms with Crippen molar-refractivity contribution in [1.29, 1.82) is 0 Å². The van der Waals surface area contributed by atoms with Gasteiger partial charge in [-0.05, 0) is 71.1 Å². The van der Waals surface area contributed by atoms with Gasteiger partial charge in [0.1, 0.15) is 0 Å². The van der Waals surface area contributed by atoms with Crippen molar-refractivity contribution < 1.29 is 0 Å². The fourth-order valence-electron chi connectivity index (χ4n) is 4.85. The lowest BCUT2D eigenvalue weighted by atomic mass is 9.87. The van der Waals surface area contributed by atoms with E-state index in [1.54, 1.807) is 0 Å². The number of hydrogen-bond acceptors (Lipinski definition) is 2. The van der Waals surface area contributed by atoms with Gasteiger partial charge < -0.3 is 10.6 Å². The van der Waals surface area contributed by atoms with Gasteiger partial charge in [-0.3, -0.25) is 4.90 Å². The van der Waals surface area contributed by atoms with Crippen molar-refractivity contribution in [3.63, 3.8) is 0 Å². The van der Waals surface area contributed by atoms with Crippen molar-refractivity contribution in [1.82, 2.24) is 15.5 Å². The predicted octanol–water partition coefficient (Wildman–Crippen LogP) is 5.68. The molecule has 166 valence electrons. The molecule has 2 N–H and O–H groups in total. The summed E-state index contributed by atoms with van der Waals surface area (Å²) in [5.74, 6) is 0. The SMILES string of the molecule is Cc1ccccc1/C=C1\CN(Cc2ccccc2)CC2=C1NC(=S)NC2c1ccccc1C. The van der Waals surface area contributed by atoms with Crippen molar-refractivity contribution in [3.8, 4) is 0 Å². The van der Waals surface area contributed by atoms with Gasteiger partial charge in [0, 0.05) is 25.3 Å². The average molecular weight is 452 g/mol. The molecule has 0 aliphatic carbocycles. The maximum atomic E-state index is 5.67. The molecule has 2 aliphatic rings. The van der Waals surface area contributed by atoms with E-state index in [-0.39, 0.29) is 6.04 Å². The molecule has 0 amide bonds. The molecule has 0 saturated carbocycles. The molecule has 2 aliphatic heterocycles. The first-order chi connectivity index (χ1) is 16.1. The summed E-state index contributed by atoms with van der Waals surface area (Å²) in [7, 11) is 0. The van der Waals surface area contributed by atoms with Gasteiger partial charge in [-0.1, -0.05) is 78.9 Å². The van der Waals surface area contributed by atoms with Gasteiger partial charge in [0.15, 0.2) is 5.11 Å². The number of thiocarbonyl (C=S) groups is 1. The van der Waals surface area contributed by atoms with Crippen LogP contribution in [0.2, 0.25) is 0 Å². The van der Waals surface area contributed by atoms with E-state index in [2.05, 4.69) is 114 Å². The molecule has 0 aromatic heterocycles. The number of hydrogen-bond donors (Lipinski definition) is 2. The summed E-state index contributed by atoms with van der Waals surface area (Å²) in [6.07, 6.45) is 2.33. The van der Waals surface area contributed by atoms with Gasteiger partial charge in [-0.2, -0.15) is 0 Å². The molecule has 33 heavy (non-hydrogen) atoms. The van der Waals surface area contributed by atoms with E-state index in [1.807, 2.05) is 0 Å². The zero-order valence-corrected chi connectivity index (χ0v) is 20.0. The Hall–Kier alpha value is -3.21. The molecule has 1 atom stereocenters. The van der Waals surface area contributed by atoms with Gasteiger partial charge in [0.25, 0.3) is 0 Å². The highest BCUT2D eigenvalue weighted by molar-refractivity contribution is 7.80. The maximum Gasteiger partial charge on any atom is 0.171 e. The third-order valence-corrected chi connectivity index (χ3v) is 6.78. The molecular formula is C29H29N3S. The molecule has 3 nitrogen and oxygen atoms in total. The quantitative estimate of drug-likeness (QED) is 0.500. The van der Waals surface area contributed by atoms with Crippen molar-refractivity contribution in [2.75, 3.05) is 13.1 Å². The van der Waals surface area contributed by atoms with Crippen LogP contribution in [-0.2, 0) is 6.54 Å². The standard InChI is InChI=1S/C29H29N3S/c1-20-10-6-8-14-23(20)16-24-18-32(17-22-12-4-3-5-13-22)19-26-27(24)30-29(33)31-28(26)25-15-9-7-11-21(25)2/h3-16,28H,17-19H2,1-2H3,(H2,30,31,33)/b24-16+. The Kier molecular flexibility index (Phi) is 6.12. The number of benzene rings is 3. The Morgan fingerprint density at radius 1 is 0.879 bits per heavy atom. The first kappa shape index (κ1) is 21.6. The van der Waals surface area contributed by atoms with E-state index in [1.165, 1.54) is 44.7 Å². The highest BCUT2D eigenvalue weighted by Gasteiger charge is 2.33. The van der Waals surface area contributed by atoms with Crippen molar-refractivity contribution >= 4 is 23.4 Å². The Bertz CT molecular complexity index is 1240. The molecule has 2 heterocycles. The van der Waals surface area contributed by atoms with Gasteiger partial charge in [0.2, 0.25) is 0 Å². The van der Waals surface area contributed by atoms with Crippen LogP contribution in [0.3, 0.4) is 0 Å². The monoisotopic (exact) mass is 451 g/mol. The zero-order valence-electron chi connectivity index (χ0n) is 19.1. The zero-order chi connectivity index (χ0) is 22.8. The summed E-state index contributed by atoms with van der Waals surface area (Å²) >= 11 is 5.67. The predicted molar refractivity (Wildman–Crippen MR) is 141 cm³/mol. The van der Waals surface area contributed by atoms with Crippen molar-refractivity contribution in [3.05, 3.63) is 124 Å². The van der Waals surface area contributed by atoms with E-state index < -0.39 is 0 Å². The molecule has 0 fully saturated rings. The van der Waals surface area contributed by atoms with Crippen LogP contribution < -0.4 is 10.6 Å². The first-order valence-electron chi connectivity index (χ1n) is 11.5. The second-order valence-electron chi connectivity index (χ2n) is 8.95. The summed E-state index contributed by atoms with van der Waals surface area (Å²) in [5.41, 5.74) is 10.2. The summed E-state index contributed by atoms with van der Waals surface area (Å²) in [4.78, 5) is 2.53. The van der Waals surface area contributed by atoms with E-state index in [9.17, 15) is 0 Å². The Morgan fingerprint density at radius 2 is 1.58 bits per heavy atom. The van der Waals surface area contributed by atoms with E-state index in [4.69, 9.17) is 12.2 Å². The molecule has 4 heteroatoms. The Morgan fingerprint density at radius 3 is 2.33 bits per heavy atom. The molecule has 0 spiro atoms. The van der Waals surface area contributed by atoms with Crippen molar-refractivity contribution in [2.24, 2.45) is 0 Å². The summed E-state index contributed by atoms with van der Waals surface area (Å²) < 4.78 is 0. The second kappa shape index (κ2) is 9.34. The van der Waals surface area contributed by atoms with Crippen LogP contribution in [0.1, 0.15) is 33.9 Å². The molecule has 3 aromatic rings. The normalized spacial score (nSPS) is 19.8. The maximum absolute atomic E-state index is 5.67. The summed E-state index contributed by atoms with van der Waals surface area (Å²) in [6.45, 7) is 7.02. The molecule has 0 radical (unpaired) electrons. The fraction of sp³-hybridized carbons (Fsp3) is 0.207. The van der Waals surface area contributed by atoms with Crippen LogP contribution in [-0.4, -0.2) is 23.1 Å². The number of rotatable bonds is 4. The topological polar surface area (TPSA) is 27.3 Å². The first-order valence-corrected chi connectivity index (χ1v) is 11.9. The van der Waals surface area contributed by atoms with Gasteiger partial charge in [-0.15, -0.1) is 0 Å². The van der Waals surface area contributed by atoms with Crippen LogP contribution in [0, 0.1) is 13.8 Å². The van der Waals surface area contributed by atoms with Crippen LogP contribution in [0.5, 0.6) is 0 Å². The minimum Gasteiger partial charge on any atom is -0.352 e. The third kappa shape index (κ3) is 4.63. The largest absolute Gasteiger partial charge is 0.352 e. The summed E-state index contributed by atoms with van der Waals surface area (Å²) in [6, 6.07) is 28.0. The van der Waals surface area contributed by atoms with Gasteiger partial charge in [-0.25, -0.2) is 0 Å². The molecule has 3 aromatic carbocycles. The lowest BCUT2D eigenvalue weighted by Gasteiger charge is -2.40. The van der Waals surface area contributed by atoms with Crippen LogP contribution in [0.15, 0.2) is 95.7 Å². The molecular weight excluding hydrogens is 422 g/mol. The van der Waals surface area contributed by atoms with E-state index >= 15 is 0 Å². The lowest BCUT2D eigenvalue weighted by Crippen LogP contribution is -2.50. The number of aryl methyl sites for hydroxylation is 2. The minimum absolute atomic E-state index is 0.0637. The lowest BCUT2D eigenvalue weighted by molar-refractivity contribution is 0.292. The van der Waals surface area contributed by atoms with Gasteiger partial charge >= 0.3 is 0 Å². The molecule has 0 bridgehead atoms. The van der Waals surface area contributed by atoms with E-state index in [0.29, 0.717) is 5.11 Å². The van der Waals surface area contributed by atoms with Gasteiger partial charge in [0.05, 0.1) is 6.04 Å². The molecule has 1 unspecified atom stereocenters. The Labute approximate surface area is 201 Å². The number of nitrogens with zero attached hydrogens (tertiary/aromatic N) is 1. The third-order valence-electron chi connectivity index (χ3n) is 6.56. The second-order valence-corrected chi connectivity index (χ2v) is 9.35. The smallest absolute Gasteiger partial charge is 0.171 e. The number of nitrogens with one attached hydrogen (secondary N) is 2. The van der Waals surface area contributed by atoms with Crippen LogP contribution in [0.4, 0.5) is 0 Å². The van der Waals surface area contributed by atoms with Crippen LogP contribution in [0.25, 0.3) is 6.08 Å². The average Bonchev–Trinajstić information content (AvgIpc) is 2.82. The minimum atomic E-state index is 0.0637. The Balaban J connectivity index is 1.61. The summed E-state index contributed by atoms with van der Waals surface area (Å²) in [5, 5.41) is 7.77. The van der Waals surface area contributed by atoms with Crippen molar-refractivity contribution in [2.45, 2.75) is 26.4 Å². The van der Waals surface area contributed by atoms with E-state index in [0.717, 1.165) is 19.6 Å². The molecule has 0 saturated heterocycles. The fourth-order valence-corrected chi connectivity index (χ4v) is 5.07. The molecule has 5 rings (SSSR count). The van der Waals surface area contributed by atoms with Crippen LogP contribution >= 0.6 is 12.2 Å². The highest BCUT2D eigenvalue weighted by Crippen LogP contribution is 2.36. The highest BCUT2D eigenvalue weighted by atomic mass is 32.1.